The molecule has 2 rings (SSSR count). The number of anilines is 1. The van der Waals surface area contributed by atoms with Gasteiger partial charge in [0.25, 0.3) is 0 Å². The predicted octanol–water partition coefficient (Wildman–Crippen LogP) is 2.33. The van der Waals surface area contributed by atoms with E-state index < -0.39 is 0 Å². The summed E-state index contributed by atoms with van der Waals surface area (Å²) in [5.41, 5.74) is 1.17. The Hall–Kier alpha value is -0.700. The molecule has 1 aromatic heterocycles. The van der Waals surface area contributed by atoms with Crippen LogP contribution >= 0.6 is 35.7 Å². The SMILES string of the molecule is CN=C(NCCSC)NCc1ccc(N2CCCC2)nc1.I. The predicted molar refractivity (Wildman–Crippen MR) is 108 cm³/mol. The van der Waals surface area contributed by atoms with Crippen molar-refractivity contribution in [2.75, 3.05) is 43.6 Å². The summed E-state index contributed by atoms with van der Waals surface area (Å²) >= 11 is 1.82. The van der Waals surface area contributed by atoms with Crippen molar-refractivity contribution in [1.29, 1.82) is 0 Å². The second kappa shape index (κ2) is 10.9. The van der Waals surface area contributed by atoms with E-state index in [1.165, 1.54) is 18.4 Å². The number of thioether (sulfide) groups is 1. The summed E-state index contributed by atoms with van der Waals surface area (Å²) in [4.78, 5) is 11.1. The van der Waals surface area contributed by atoms with E-state index in [1.807, 2.05) is 18.0 Å². The van der Waals surface area contributed by atoms with E-state index in [4.69, 9.17) is 0 Å². The number of nitrogens with one attached hydrogen (secondary N) is 2. The molecule has 2 N–H and O–H groups in total. The third-order valence-corrected chi connectivity index (χ3v) is 4.13. The Labute approximate surface area is 154 Å². The molecule has 0 bridgehead atoms. The third-order valence-electron chi connectivity index (χ3n) is 3.52. The zero-order chi connectivity index (χ0) is 14.9. The first-order chi connectivity index (χ1) is 10.3. The second-order valence-electron chi connectivity index (χ2n) is 5.06. The summed E-state index contributed by atoms with van der Waals surface area (Å²) in [6.45, 7) is 3.94. The third kappa shape index (κ3) is 6.20. The Balaban J connectivity index is 0.00000242. The number of nitrogens with zero attached hydrogens (tertiary/aromatic N) is 3. The average Bonchev–Trinajstić information content (AvgIpc) is 3.06. The van der Waals surface area contributed by atoms with Crippen molar-refractivity contribution in [3.05, 3.63) is 23.9 Å². The lowest BCUT2D eigenvalue weighted by Crippen LogP contribution is -2.37. The maximum Gasteiger partial charge on any atom is 0.191 e. The van der Waals surface area contributed by atoms with Gasteiger partial charge in [0.2, 0.25) is 0 Å². The van der Waals surface area contributed by atoms with Crippen molar-refractivity contribution >= 4 is 47.5 Å². The Kier molecular flexibility index (Phi) is 9.61. The van der Waals surface area contributed by atoms with E-state index in [9.17, 15) is 0 Å². The smallest absolute Gasteiger partial charge is 0.191 e. The van der Waals surface area contributed by atoms with Gasteiger partial charge in [0, 0.05) is 45.2 Å². The minimum atomic E-state index is 0. The van der Waals surface area contributed by atoms with Gasteiger partial charge in [-0.05, 0) is 30.7 Å². The minimum Gasteiger partial charge on any atom is -0.357 e. The summed E-state index contributed by atoms with van der Waals surface area (Å²) in [7, 11) is 1.79. The number of rotatable bonds is 6. The van der Waals surface area contributed by atoms with Gasteiger partial charge in [-0.25, -0.2) is 4.98 Å². The monoisotopic (exact) mass is 435 g/mol. The molecular formula is C15H26IN5S. The van der Waals surface area contributed by atoms with Crippen LogP contribution < -0.4 is 15.5 Å². The first-order valence-corrected chi connectivity index (χ1v) is 8.86. The topological polar surface area (TPSA) is 52.6 Å². The van der Waals surface area contributed by atoms with Crippen LogP contribution in [-0.4, -0.2) is 49.6 Å². The zero-order valence-corrected chi connectivity index (χ0v) is 16.5. The van der Waals surface area contributed by atoms with E-state index in [0.29, 0.717) is 0 Å². The van der Waals surface area contributed by atoms with Crippen LogP contribution in [0.5, 0.6) is 0 Å². The number of halogens is 1. The zero-order valence-electron chi connectivity index (χ0n) is 13.3. The average molecular weight is 435 g/mol. The molecule has 1 aliphatic heterocycles. The van der Waals surface area contributed by atoms with Crippen molar-refractivity contribution in [1.82, 2.24) is 15.6 Å². The van der Waals surface area contributed by atoms with Gasteiger partial charge in [0.1, 0.15) is 5.82 Å². The molecule has 0 radical (unpaired) electrons. The molecule has 0 spiro atoms. The van der Waals surface area contributed by atoms with Gasteiger partial charge in [-0.3, -0.25) is 4.99 Å². The lowest BCUT2D eigenvalue weighted by atomic mass is 10.3. The van der Waals surface area contributed by atoms with Crippen molar-refractivity contribution in [2.45, 2.75) is 19.4 Å². The number of pyridine rings is 1. The molecule has 5 nitrogen and oxygen atoms in total. The Bertz CT molecular complexity index is 446. The lowest BCUT2D eigenvalue weighted by Gasteiger charge is -2.16. The minimum absolute atomic E-state index is 0. The molecule has 0 aliphatic carbocycles. The maximum atomic E-state index is 4.56. The Morgan fingerprint density at radius 1 is 1.32 bits per heavy atom. The van der Waals surface area contributed by atoms with Crippen LogP contribution in [0.3, 0.4) is 0 Å². The van der Waals surface area contributed by atoms with Gasteiger partial charge in [-0.15, -0.1) is 24.0 Å². The van der Waals surface area contributed by atoms with E-state index in [0.717, 1.165) is 43.7 Å². The van der Waals surface area contributed by atoms with Crippen LogP contribution in [0, 0.1) is 0 Å². The van der Waals surface area contributed by atoms with Crippen LogP contribution in [0.4, 0.5) is 5.82 Å². The molecular weight excluding hydrogens is 409 g/mol. The summed E-state index contributed by atoms with van der Waals surface area (Å²) < 4.78 is 0. The normalized spacial score (nSPS) is 14.6. The van der Waals surface area contributed by atoms with Crippen LogP contribution in [0.2, 0.25) is 0 Å². The summed E-state index contributed by atoms with van der Waals surface area (Å²) in [6.07, 6.45) is 6.62. The number of hydrogen-bond donors (Lipinski definition) is 2. The van der Waals surface area contributed by atoms with Crippen molar-refractivity contribution in [2.24, 2.45) is 4.99 Å². The number of guanidine groups is 1. The summed E-state index contributed by atoms with van der Waals surface area (Å²) in [5, 5.41) is 6.60. The molecule has 0 unspecified atom stereocenters. The molecule has 1 fully saturated rings. The molecule has 0 amide bonds. The Morgan fingerprint density at radius 2 is 2.09 bits per heavy atom. The fraction of sp³-hybridized carbons (Fsp3) is 0.600. The first kappa shape index (κ1) is 19.3. The quantitative estimate of drug-likeness (QED) is 0.311. The highest BCUT2D eigenvalue weighted by molar-refractivity contribution is 14.0. The largest absolute Gasteiger partial charge is 0.357 e. The second-order valence-corrected chi connectivity index (χ2v) is 6.05. The fourth-order valence-electron chi connectivity index (χ4n) is 2.33. The van der Waals surface area contributed by atoms with E-state index in [1.54, 1.807) is 7.05 Å². The van der Waals surface area contributed by atoms with E-state index >= 15 is 0 Å². The molecule has 0 saturated carbocycles. The molecule has 1 aliphatic rings. The highest BCUT2D eigenvalue weighted by atomic mass is 127. The van der Waals surface area contributed by atoms with E-state index in [-0.39, 0.29) is 24.0 Å². The highest BCUT2D eigenvalue weighted by Crippen LogP contribution is 2.17. The molecule has 22 heavy (non-hydrogen) atoms. The van der Waals surface area contributed by atoms with Gasteiger partial charge in [0.05, 0.1) is 0 Å². The number of aromatic nitrogens is 1. The fourth-order valence-corrected chi connectivity index (χ4v) is 2.64. The summed E-state index contributed by atoms with van der Waals surface area (Å²) in [6, 6.07) is 4.26. The Morgan fingerprint density at radius 3 is 2.68 bits per heavy atom. The van der Waals surface area contributed by atoms with Crippen molar-refractivity contribution < 1.29 is 0 Å². The standard InChI is InChI=1S/C15H25N5S.HI/c1-16-15(17-7-10-21-2)19-12-13-5-6-14(18-11-13)20-8-3-4-9-20;/h5-6,11H,3-4,7-10,12H2,1-2H3,(H2,16,17,19);1H. The molecule has 1 saturated heterocycles. The van der Waals surface area contributed by atoms with Gasteiger partial charge in [-0.1, -0.05) is 6.07 Å². The van der Waals surface area contributed by atoms with Gasteiger partial charge < -0.3 is 15.5 Å². The molecule has 0 aromatic carbocycles. The lowest BCUT2D eigenvalue weighted by molar-refractivity contribution is 0.827. The van der Waals surface area contributed by atoms with Crippen LogP contribution in [0.25, 0.3) is 0 Å². The number of hydrogen-bond acceptors (Lipinski definition) is 4. The van der Waals surface area contributed by atoms with Crippen molar-refractivity contribution in [3.8, 4) is 0 Å². The summed E-state index contributed by atoms with van der Waals surface area (Å²) in [5.74, 6) is 3.01. The van der Waals surface area contributed by atoms with Crippen LogP contribution in [0.15, 0.2) is 23.3 Å². The molecule has 0 atom stereocenters. The molecule has 1 aromatic rings. The number of aliphatic imine (C=N–C) groups is 1. The maximum absolute atomic E-state index is 4.56. The molecule has 124 valence electrons. The first-order valence-electron chi connectivity index (χ1n) is 7.47. The van der Waals surface area contributed by atoms with Crippen molar-refractivity contribution in [3.63, 3.8) is 0 Å². The molecule has 7 heteroatoms. The van der Waals surface area contributed by atoms with Gasteiger partial charge >= 0.3 is 0 Å². The highest BCUT2D eigenvalue weighted by Gasteiger charge is 2.12. The van der Waals surface area contributed by atoms with Gasteiger partial charge in [0.15, 0.2) is 5.96 Å². The molecule has 2 heterocycles. The van der Waals surface area contributed by atoms with Crippen LogP contribution in [-0.2, 0) is 6.54 Å². The van der Waals surface area contributed by atoms with Gasteiger partial charge in [-0.2, -0.15) is 11.8 Å². The van der Waals surface area contributed by atoms with E-state index in [2.05, 4.69) is 43.9 Å². The van der Waals surface area contributed by atoms with Crippen LogP contribution in [0.1, 0.15) is 18.4 Å².